The van der Waals surface area contributed by atoms with Crippen molar-refractivity contribution in [1.82, 2.24) is 0 Å². The van der Waals surface area contributed by atoms with E-state index in [0.29, 0.717) is 18.4 Å². The Kier molecular flexibility index (Phi) is 5.40. The molecule has 2 aliphatic carbocycles. The summed E-state index contributed by atoms with van der Waals surface area (Å²) in [6.07, 6.45) is 1.08. The Morgan fingerprint density at radius 1 is 1.25 bits per heavy atom. The van der Waals surface area contributed by atoms with Crippen LogP contribution in [-0.4, -0.2) is 58.5 Å². The molecule has 4 fully saturated rings. The summed E-state index contributed by atoms with van der Waals surface area (Å²) in [7, 11) is 1.26. The third-order valence-corrected chi connectivity index (χ3v) is 10.4. The van der Waals surface area contributed by atoms with Crippen LogP contribution in [0.15, 0.2) is 23.0 Å². The van der Waals surface area contributed by atoms with Crippen molar-refractivity contribution in [3.8, 4) is 0 Å². The van der Waals surface area contributed by atoms with Gasteiger partial charge < -0.3 is 28.8 Å². The van der Waals surface area contributed by atoms with Crippen molar-refractivity contribution < 1.29 is 43.2 Å². The molecule has 0 amide bonds. The summed E-state index contributed by atoms with van der Waals surface area (Å²) in [5, 5.41) is 22.7. The van der Waals surface area contributed by atoms with Crippen molar-refractivity contribution in [2.45, 2.75) is 89.8 Å². The lowest BCUT2D eigenvalue weighted by Crippen LogP contribution is -2.73. The Morgan fingerprint density at radius 3 is 2.53 bits per heavy atom. The van der Waals surface area contributed by atoms with Crippen LogP contribution in [0.4, 0.5) is 0 Å². The molecule has 1 aromatic heterocycles. The minimum Gasteiger partial charge on any atom is -0.472 e. The fourth-order valence-corrected chi connectivity index (χ4v) is 8.59. The Bertz CT molecular complexity index is 1090. The SMILES string of the molecule is COC(=O)C[C@H](O)[C@@]1(C)[C@H](C(C)(C)O)CC(=O)[C@]2(C)[C@H]1CC[C@@]1(C)[C@H](c3ccoc3)OC(=O)[C@H]3O[C@]312. The van der Waals surface area contributed by atoms with Crippen molar-refractivity contribution >= 4 is 17.7 Å². The highest BCUT2D eigenvalue weighted by atomic mass is 16.7. The van der Waals surface area contributed by atoms with Crippen molar-refractivity contribution in [1.29, 1.82) is 0 Å². The van der Waals surface area contributed by atoms with Gasteiger partial charge >= 0.3 is 11.9 Å². The minimum atomic E-state index is -1.31. The smallest absolute Gasteiger partial charge is 0.339 e. The predicted octanol–water partition coefficient (Wildman–Crippen LogP) is 2.73. The van der Waals surface area contributed by atoms with Crippen molar-refractivity contribution in [3.05, 3.63) is 24.2 Å². The van der Waals surface area contributed by atoms with Gasteiger partial charge in [0.15, 0.2) is 6.10 Å². The number of methoxy groups -OCH3 is 1. The molecule has 9 atom stereocenters. The molecule has 3 heterocycles. The highest BCUT2D eigenvalue weighted by Crippen LogP contribution is 2.78. The molecular weight excluding hydrogens is 468 g/mol. The number of aliphatic hydroxyl groups is 2. The van der Waals surface area contributed by atoms with E-state index < -0.39 is 69.5 Å². The standard InChI is InChI=1S/C27H36O9/c1-23(2,32)16-11-18(29)26(5)15(25(16,4)17(28)12-19(30)33-6)7-9-24(3)20(14-8-10-34-13-14)35-22(31)21-27(24,26)36-21/h8,10,13,15-17,20-21,28,32H,7,9,11-12H2,1-6H3/t15-,16-,17-,20-,21+,24-,25+,26-,27+/m0/s1. The lowest BCUT2D eigenvalue weighted by atomic mass is 9.37. The van der Waals surface area contributed by atoms with E-state index in [0.717, 1.165) is 0 Å². The first-order valence-electron chi connectivity index (χ1n) is 12.6. The molecule has 9 heteroatoms. The van der Waals surface area contributed by atoms with E-state index in [4.69, 9.17) is 18.6 Å². The monoisotopic (exact) mass is 504 g/mol. The predicted molar refractivity (Wildman–Crippen MR) is 124 cm³/mol. The number of hydrogen-bond acceptors (Lipinski definition) is 9. The maximum Gasteiger partial charge on any atom is 0.339 e. The number of ether oxygens (including phenoxy) is 3. The number of epoxide rings is 1. The number of furan rings is 1. The second-order valence-corrected chi connectivity index (χ2v) is 12.3. The molecular formula is C27H36O9. The molecule has 0 aromatic carbocycles. The van der Waals surface area contributed by atoms with Gasteiger partial charge in [-0.3, -0.25) is 9.59 Å². The Labute approximate surface area is 210 Å². The van der Waals surface area contributed by atoms with Gasteiger partial charge in [0.1, 0.15) is 17.5 Å². The highest BCUT2D eigenvalue weighted by molar-refractivity contribution is 5.93. The number of carbonyl (C=O) groups is 3. The van der Waals surface area contributed by atoms with Gasteiger partial charge in [-0.15, -0.1) is 0 Å². The summed E-state index contributed by atoms with van der Waals surface area (Å²) >= 11 is 0. The molecule has 198 valence electrons. The van der Waals surface area contributed by atoms with Gasteiger partial charge in [-0.2, -0.15) is 0 Å². The second-order valence-electron chi connectivity index (χ2n) is 12.3. The average molecular weight is 505 g/mol. The summed E-state index contributed by atoms with van der Waals surface area (Å²) in [4.78, 5) is 39.5. The molecule has 4 aliphatic rings. The third kappa shape index (κ3) is 2.90. The summed E-state index contributed by atoms with van der Waals surface area (Å²) in [6, 6.07) is 1.76. The number of aliphatic hydroxyl groups excluding tert-OH is 1. The normalized spacial score (nSPS) is 44.6. The Hall–Kier alpha value is -2.23. The fraction of sp³-hybridized carbons (Fsp3) is 0.741. The molecule has 2 saturated heterocycles. The quantitative estimate of drug-likeness (QED) is 0.458. The molecule has 2 saturated carbocycles. The summed E-state index contributed by atoms with van der Waals surface area (Å²) in [5.41, 5.74) is -4.70. The lowest BCUT2D eigenvalue weighted by molar-refractivity contribution is -0.236. The van der Waals surface area contributed by atoms with E-state index >= 15 is 0 Å². The van der Waals surface area contributed by atoms with Crippen LogP contribution < -0.4 is 0 Å². The number of carbonyl (C=O) groups excluding carboxylic acids is 3. The average Bonchev–Trinajstić information content (AvgIpc) is 3.37. The topological polar surface area (TPSA) is 136 Å². The van der Waals surface area contributed by atoms with E-state index in [9.17, 15) is 24.6 Å². The zero-order valence-electron chi connectivity index (χ0n) is 21.7. The van der Waals surface area contributed by atoms with Gasteiger partial charge in [-0.05, 0) is 45.6 Å². The molecule has 5 rings (SSSR count). The van der Waals surface area contributed by atoms with Crippen LogP contribution >= 0.6 is 0 Å². The van der Waals surface area contributed by atoms with Gasteiger partial charge in [-0.1, -0.05) is 13.8 Å². The highest BCUT2D eigenvalue weighted by Gasteiger charge is 2.88. The van der Waals surface area contributed by atoms with Gasteiger partial charge in [-0.25, -0.2) is 4.79 Å². The first kappa shape index (κ1) is 25.4. The fourth-order valence-electron chi connectivity index (χ4n) is 8.59. The number of cyclic esters (lactones) is 1. The molecule has 2 aliphatic heterocycles. The Morgan fingerprint density at radius 2 is 1.94 bits per heavy atom. The summed E-state index contributed by atoms with van der Waals surface area (Å²) in [5.74, 6) is -2.31. The van der Waals surface area contributed by atoms with Crippen LogP contribution in [0.1, 0.15) is 72.0 Å². The van der Waals surface area contributed by atoms with Crippen LogP contribution in [0.5, 0.6) is 0 Å². The lowest BCUT2D eigenvalue weighted by Gasteiger charge is -2.66. The van der Waals surface area contributed by atoms with Gasteiger partial charge in [0.2, 0.25) is 0 Å². The van der Waals surface area contributed by atoms with E-state index in [2.05, 4.69) is 0 Å². The van der Waals surface area contributed by atoms with Gasteiger partial charge in [0.05, 0.1) is 43.2 Å². The van der Waals surface area contributed by atoms with E-state index in [1.807, 2.05) is 20.8 Å². The maximum atomic E-state index is 14.2. The van der Waals surface area contributed by atoms with Crippen LogP contribution in [0.3, 0.4) is 0 Å². The molecule has 0 unspecified atom stereocenters. The van der Waals surface area contributed by atoms with Crippen LogP contribution in [0.2, 0.25) is 0 Å². The van der Waals surface area contributed by atoms with Crippen LogP contribution in [-0.2, 0) is 28.6 Å². The molecule has 1 spiro atoms. The van der Waals surface area contributed by atoms with Crippen molar-refractivity contribution in [3.63, 3.8) is 0 Å². The first-order chi connectivity index (χ1) is 16.7. The minimum absolute atomic E-state index is 0.0232. The van der Waals surface area contributed by atoms with Crippen LogP contribution in [0, 0.1) is 28.1 Å². The van der Waals surface area contributed by atoms with E-state index in [-0.39, 0.29) is 18.6 Å². The van der Waals surface area contributed by atoms with Gasteiger partial charge in [0, 0.05) is 28.7 Å². The van der Waals surface area contributed by atoms with Crippen molar-refractivity contribution in [2.24, 2.45) is 28.1 Å². The second kappa shape index (κ2) is 7.65. The largest absolute Gasteiger partial charge is 0.472 e. The molecule has 9 nitrogen and oxygen atoms in total. The van der Waals surface area contributed by atoms with E-state index in [1.54, 1.807) is 26.2 Å². The van der Waals surface area contributed by atoms with Crippen LogP contribution in [0.25, 0.3) is 0 Å². The summed E-state index contributed by atoms with van der Waals surface area (Å²) < 4.78 is 22.3. The number of rotatable bonds is 5. The molecule has 2 N–H and O–H groups in total. The van der Waals surface area contributed by atoms with Crippen molar-refractivity contribution in [2.75, 3.05) is 7.11 Å². The molecule has 36 heavy (non-hydrogen) atoms. The van der Waals surface area contributed by atoms with Gasteiger partial charge in [0.25, 0.3) is 0 Å². The number of hydrogen-bond donors (Lipinski definition) is 2. The number of ketones is 1. The zero-order valence-corrected chi connectivity index (χ0v) is 21.7. The first-order valence-corrected chi connectivity index (χ1v) is 12.6. The summed E-state index contributed by atoms with van der Waals surface area (Å²) in [6.45, 7) is 8.95. The number of Topliss-reactive ketones (excluding diaryl/α,β-unsaturated/α-hetero) is 1. The van der Waals surface area contributed by atoms with E-state index in [1.165, 1.54) is 13.4 Å². The number of fused-ring (bicyclic) bond motifs is 1. The number of esters is 2. The Balaban J connectivity index is 1.67. The maximum absolute atomic E-state index is 14.2. The molecule has 1 aromatic rings. The zero-order chi connectivity index (χ0) is 26.5. The molecule has 0 bridgehead atoms. The third-order valence-electron chi connectivity index (χ3n) is 10.4. The molecule has 0 radical (unpaired) electrons.